The maximum Gasteiger partial charge on any atom is 0.263 e. The van der Waals surface area contributed by atoms with Gasteiger partial charge in [-0.3, -0.25) is 4.79 Å². The van der Waals surface area contributed by atoms with Gasteiger partial charge in [-0.2, -0.15) is 0 Å². The number of fused-ring (bicyclic) bond motifs is 1. The van der Waals surface area contributed by atoms with Crippen molar-refractivity contribution in [3.63, 3.8) is 0 Å². The zero-order chi connectivity index (χ0) is 13.8. The van der Waals surface area contributed by atoms with E-state index in [0.29, 0.717) is 13.0 Å². The fourth-order valence-corrected chi connectivity index (χ4v) is 3.47. The van der Waals surface area contributed by atoms with Crippen LogP contribution in [0.5, 0.6) is 0 Å². The van der Waals surface area contributed by atoms with E-state index in [1.807, 2.05) is 6.07 Å². The maximum atomic E-state index is 12.3. The molecule has 5 nitrogen and oxygen atoms in total. The molecular weight excluding hydrogens is 262 g/mol. The first-order valence-corrected chi connectivity index (χ1v) is 7.27. The highest BCUT2D eigenvalue weighted by molar-refractivity contribution is 7.14. The van der Waals surface area contributed by atoms with Crippen molar-refractivity contribution >= 4 is 23.1 Å². The third kappa shape index (κ3) is 3.26. The van der Waals surface area contributed by atoms with Gasteiger partial charge >= 0.3 is 0 Å². The van der Waals surface area contributed by atoms with Crippen molar-refractivity contribution in [3.8, 4) is 0 Å². The summed E-state index contributed by atoms with van der Waals surface area (Å²) in [5, 5.41) is 11.4. The molecule has 0 saturated heterocycles. The molecule has 1 aliphatic carbocycles. The van der Waals surface area contributed by atoms with Gasteiger partial charge in [-0.05, 0) is 37.3 Å². The molecule has 0 bridgehead atoms. The van der Waals surface area contributed by atoms with Crippen molar-refractivity contribution in [1.82, 2.24) is 4.90 Å². The fourth-order valence-electron chi connectivity index (χ4n) is 2.22. The lowest BCUT2D eigenvalue weighted by atomic mass is 9.99. The zero-order valence-corrected chi connectivity index (χ0v) is 11.9. The van der Waals surface area contributed by atoms with Gasteiger partial charge in [0.2, 0.25) is 0 Å². The first-order chi connectivity index (χ1) is 9.11. The Bertz CT molecular complexity index is 473. The van der Waals surface area contributed by atoms with E-state index in [2.05, 4.69) is 5.16 Å². The molecule has 0 aliphatic heterocycles. The fraction of sp³-hybridized carbons (Fsp3) is 0.538. The van der Waals surface area contributed by atoms with Crippen LogP contribution in [-0.2, 0) is 12.8 Å². The number of hydrogen-bond donors (Lipinski definition) is 2. The van der Waals surface area contributed by atoms with Crippen molar-refractivity contribution in [2.75, 3.05) is 13.6 Å². The molecule has 0 spiro atoms. The van der Waals surface area contributed by atoms with E-state index in [9.17, 15) is 4.79 Å². The monoisotopic (exact) mass is 281 g/mol. The number of oxime groups is 1. The van der Waals surface area contributed by atoms with E-state index in [1.54, 1.807) is 23.3 Å². The summed E-state index contributed by atoms with van der Waals surface area (Å²) in [4.78, 5) is 16.0. The summed E-state index contributed by atoms with van der Waals surface area (Å²) >= 11 is 1.61. The van der Waals surface area contributed by atoms with Crippen molar-refractivity contribution in [3.05, 3.63) is 21.4 Å². The number of carbonyl (C=O) groups is 1. The molecule has 6 heteroatoms. The predicted octanol–water partition coefficient (Wildman–Crippen LogP) is 1.84. The molecule has 1 aromatic rings. The summed E-state index contributed by atoms with van der Waals surface area (Å²) in [6.45, 7) is 0.456. The van der Waals surface area contributed by atoms with Crippen LogP contribution in [0, 0.1) is 0 Å². The number of thiophene rings is 1. The van der Waals surface area contributed by atoms with E-state index in [-0.39, 0.29) is 11.7 Å². The van der Waals surface area contributed by atoms with Crippen molar-refractivity contribution in [2.24, 2.45) is 10.9 Å². The lowest BCUT2D eigenvalue weighted by molar-refractivity contribution is 0.0803. The van der Waals surface area contributed by atoms with E-state index >= 15 is 0 Å². The second-order valence-corrected chi connectivity index (χ2v) is 5.97. The van der Waals surface area contributed by atoms with E-state index in [4.69, 9.17) is 10.9 Å². The van der Waals surface area contributed by atoms with Crippen molar-refractivity contribution in [1.29, 1.82) is 0 Å². The van der Waals surface area contributed by atoms with Crippen LogP contribution in [-0.4, -0.2) is 35.4 Å². The Morgan fingerprint density at radius 3 is 2.95 bits per heavy atom. The summed E-state index contributed by atoms with van der Waals surface area (Å²) in [5.74, 6) is 0.162. The molecular formula is C13H19N3O2S. The first-order valence-electron chi connectivity index (χ1n) is 6.45. The number of rotatable bonds is 4. The first kappa shape index (κ1) is 13.9. The van der Waals surface area contributed by atoms with Gasteiger partial charge < -0.3 is 15.8 Å². The lowest BCUT2D eigenvalue weighted by Gasteiger charge is -2.15. The molecule has 19 heavy (non-hydrogen) atoms. The highest BCUT2D eigenvalue weighted by Crippen LogP contribution is 2.30. The number of hydrogen-bond acceptors (Lipinski definition) is 4. The van der Waals surface area contributed by atoms with Crippen LogP contribution in [0.3, 0.4) is 0 Å². The second kappa shape index (κ2) is 6.06. The molecule has 104 valence electrons. The second-order valence-electron chi connectivity index (χ2n) is 4.83. The minimum atomic E-state index is 0.0186. The van der Waals surface area contributed by atoms with Crippen LogP contribution < -0.4 is 5.73 Å². The molecule has 0 unspecified atom stereocenters. The minimum absolute atomic E-state index is 0.0186. The Labute approximate surface area is 116 Å². The third-order valence-corrected chi connectivity index (χ3v) is 4.61. The van der Waals surface area contributed by atoms with Crippen LogP contribution in [0.15, 0.2) is 11.2 Å². The largest absolute Gasteiger partial charge is 0.409 e. The number of carbonyl (C=O) groups excluding carboxylic acids is 1. The molecule has 0 fully saturated rings. The van der Waals surface area contributed by atoms with E-state index < -0.39 is 0 Å². The summed E-state index contributed by atoms with van der Waals surface area (Å²) in [6, 6.07) is 2.03. The maximum absolute atomic E-state index is 12.3. The van der Waals surface area contributed by atoms with Gasteiger partial charge in [0.25, 0.3) is 5.91 Å². The van der Waals surface area contributed by atoms with E-state index in [0.717, 1.165) is 17.7 Å². The molecule has 0 saturated carbocycles. The number of nitrogens with zero attached hydrogens (tertiary/aromatic N) is 2. The number of aryl methyl sites for hydroxylation is 2. The predicted molar refractivity (Wildman–Crippen MR) is 75.9 cm³/mol. The van der Waals surface area contributed by atoms with Crippen molar-refractivity contribution in [2.45, 2.75) is 32.1 Å². The zero-order valence-electron chi connectivity index (χ0n) is 11.1. The average molecular weight is 281 g/mol. The van der Waals surface area contributed by atoms with Gasteiger partial charge in [-0.1, -0.05) is 5.16 Å². The summed E-state index contributed by atoms with van der Waals surface area (Å²) in [7, 11) is 1.74. The van der Waals surface area contributed by atoms with Gasteiger partial charge in [0.15, 0.2) is 0 Å². The lowest BCUT2D eigenvalue weighted by Crippen LogP contribution is -2.30. The highest BCUT2D eigenvalue weighted by atomic mass is 32.1. The SMILES string of the molecule is CN(CC/C(N)=N/O)C(=O)c1cc2c(s1)CCCC2. The number of amides is 1. The Balaban J connectivity index is 2.00. The Morgan fingerprint density at radius 1 is 1.53 bits per heavy atom. The average Bonchev–Trinajstić information content (AvgIpc) is 2.87. The molecule has 0 radical (unpaired) electrons. The molecule has 1 heterocycles. The minimum Gasteiger partial charge on any atom is -0.409 e. The van der Waals surface area contributed by atoms with Crippen molar-refractivity contribution < 1.29 is 10.0 Å². The number of nitrogens with two attached hydrogens (primary N) is 1. The summed E-state index contributed by atoms with van der Waals surface area (Å²) < 4.78 is 0. The van der Waals surface area contributed by atoms with Gasteiger partial charge in [-0.15, -0.1) is 11.3 Å². The summed E-state index contributed by atoms with van der Waals surface area (Å²) in [5.41, 5.74) is 6.74. The van der Waals surface area contributed by atoms with E-state index in [1.165, 1.54) is 23.3 Å². The van der Waals surface area contributed by atoms with Gasteiger partial charge in [0.1, 0.15) is 5.84 Å². The quantitative estimate of drug-likeness (QED) is 0.382. The molecule has 0 atom stereocenters. The van der Waals surface area contributed by atoms with Crippen LogP contribution in [0.25, 0.3) is 0 Å². The Morgan fingerprint density at radius 2 is 2.26 bits per heavy atom. The molecule has 0 aromatic carbocycles. The van der Waals surface area contributed by atoms with Crippen LogP contribution >= 0.6 is 11.3 Å². The Kier molecular flexibility index (Phi) is 4.42. The van der Waals surface area contributed by atoms with Gasteiger partial charge in [0, 0.05) is 24.9 Å². The Hall–Kier alpha value is -1.56. The van der Waals surface area contributed by atoms with Crippen LogP contribution in [0.1, 0.15) is 39.4 Å². The van der Waals surface area contributed by atoms with Gasteiger partial charge in [-0.25, -0.2) is 0 Å². The van der Waals surface area contributed by atoms with Gasteiger partial charge in [0.05, 0.1) is 4.88 Å². The molecule has 1 aliphatic rings. The van der Waals surface area contributed by atoms with Crippen LogP contribution in [0.2, 0.25) is 0 Å². The summed E-state index contributed by atoms with van der Waals surface area (Å²) in [6.07, 6.45) is 5.01. The molecule has 1 aromatic heterocycles. The highest BCUT2D eigenvalue weighted by Gasteiger charge is 2.19. The standard InChI is InChI=1S/C13H19N3O2S/c1-16(7-6-12(14)15-18)13(17)11-8-9-4-2-3-5-10(9)19-11/h8,18H,2-7H2,1H3,(H2,14,15). The molecule has 1 amide bonds. The molecule has 3 N–H and O–H groups in total. The smallest absolute Gasteiger partial charge is 0.263 e. The third-order valence-electron chi connectivity index (χ3n) is 3.39. The molecule has 2 rings (SSSR count). The topological polar surface area (TPSA) is 78.9 Å². The van der Waals surface area contributed by atoms with Crippen LogP contribution in [0.4, 0.5) is 0 Å². The number of amidine groups is 1. The normalized spacial score (nSPS) is 15.1.